The van der Waals surface area contributed by atoms with Crippen LogP contribution in [0.4, 0.5) is 17.1 Å². The van der Waals surface area contributed by atoms with Crippen molar-refractivity contribution < 1.29 is 0 Å². The predicted molar refractivity (Wildman–Crippen MR) is 306 cm³/mol. The Hall–Kier alpha value is -9.24. The van der Waals surface area contributed by atoms with E-state index in [2.05, 4.69) is 295 Å². The molecule has 12 aromatic rings. The van der Waals surface area contributed by atoms with Crippen LogP contribution in [-0.2, 0) is 0 Å². The fourth-order valence-corrected chi connectivity index (χ4v) is 11.0. The lowest BCUT2D eigenvalue weighted by molar-refractivity contribution is 0.854. The van der Waals surface area contributed by atoms with Crippen LogP contribution in [0.5, 0.6) is 0 Å². The lowest BCUT2D eigenvalue weighted by Gasteiger charge is -2.27. The topological polar surface area (TPSA) is 8.17 Å². The molecule has 2 heteroatoms. The van der Waals surface area contributed by atoms with E-state index < -0.39 is 0 Å². The Balaban J connectivity index is 0.954. The van der Waals surface area contributed by atoms with Crippen molar-refractivity contribution in [3.8, 4) is 61.3 Å². The van der Waals surface area contributed by atoms with Crippen LogP contribution >= 0.6 is 0 Å². The van der Waals surface area contributed by atoms with Gasteiger partial charge in [-0.2, -0.15) is 0 Å². The van der Waals surface area contributed by atoms with Gasteiger partial charge < -0.3 is 9.47 Å². The Labute approximate surface area is 421 Å². The second-order valence-electron chi connectivity index (χ2n) is 18.8. The monoisotopic (exact) mass is 918 g/mol. The van der Waals surface area contributed by atoms with Crippen molar-refractivity contribution in [3.05, 3.63) is 291 Å². The smallest absolute Gasteiger partial charge is 0.0619 e. The highest BCUT2D eigenvalue weighted by Crippen LogP contribution is 2.45. The van der Waals surface area contributed by atoms with Crippen molar-refractivity contribution in [1.29, 1.82) is 0 Å². The van der Waals surface area contributed by atoms with Gasteiger partial charge in [-0.25, -0.2) is 0 Å². The molecule has 0 radical (unpaired) electrons. The summed E-state index contributed by atoms with van der Waals surface area (Å²) in [5.74, 6) is 0.335. The summed E-state index contributed by atoms with van der Waals surface area (Å²) in [6.07, 6.45) is 9.94. The standard InChI is InChI=1S/C70H50N2/c1-5-19-49(20-6-1)56-45-57(50-21-7-2-8-22-50)47-58(46-56)51-35-40-60(41-36-51)71(61-42-37-54(38-43-61)64-31-16-15-30-63(64)52-23-9-3-10-24-52)62-29-17-26-55(48-62)65-33-18-34-68-69(65)67-44-39-53-25-13-14-32-66(53)70(67)72(68)59-27-11-4-12-28-59/h1-21,23-48,50H,22H2. The number of para-hydroxylation sites is 1. The SMILES string of the molecule is C1=CCC(c2cc(-c3ccccc3)cc(-c3ccc(N(c4ccc(-c5ccccc5-c5ccccc5)cc4)c4cccc(-c5cccc6c5c5ccc7ccccc7c5n6-c5ccccc5)c4)cc3)c2)C=C1. The molecular formula is C70H50N2. The van der Waals surface area contributed by atoms with Crippen molar-refractivity contribution in [2.45, 2.75) is 12.3 Å². The Morgan fingerprint density at radius 3 is 1.62 bits per heavy atom. The third-order valence-corrected chi connectivity index (χ3v) is 14.5. The van der Waals surface area contributed by atoms with Crippen LogP contribution in [0.2, 0.25) is 0 Å². The molecule has 1 aromatic heterocycles. The van der Waals surface area contributed by atoms with Crippen molar-refractivity contribution >= 4 is 49.6 Å². The number of fused-ring (bicyclic) bond motifs is 5. The quantitative estimate of drug-likeness (QED) is 0.133. The highest BCUT2D eigenvalue weighted by Gasteiger charge is 2.21. The molecule has 0 spiro atoms. The molecule has 1 aliphatic carbocycles. The average Bonchev–Trinajstić information content (AvgIpc) is 3.82. The summed E-state index contributed by atoms with van der Waals surface area (Å²) in [5, 5.41) is 4.95. The van der Waals surface area contributed by atoms with E-state index in [0.717, 1.165) is 34.7 Å². The minimum absolute atomic E-state index is 0.335. The lowest BCUT2D eigenvalue weighted by Crippen LogP contribution is -2.10. The Morgan fingerprint density at radius 2 is 0.931 bits per heavy atom. The van der Waals surface area contributed by atoms with Crippen LogP contribution in [0.15, 0.2) is 285 Å². The number of aromatic nitrogens is 1. The molecule has 2 nitrogen and oxygen atoms in total. The molecule has 0 saturated carbocycles. The van der Waals surface area contributed by atoms with E-state index in [0.29, 0.717) is 5.92 Å². The summed E-state index contributed by atoms with van der Waals surface area (Å²) < 4.78 is 2.45. The van der Waals surface area contributed by atoms with Crippen LogP contribution in [0, 0.1) is 0 Å². The molecule has 1 heterocycles. The number of nitrogens with zero attached hydrogens (tertiary/aromatic N) is 2. The second-order valence-corrected chi connectivity index (χ2v) is 18.8. The van der Waals surface area contributed by atoms with Gasteiger partial charge in [0.15, 0.2) is 0 Å². The normalized spacial score (nSPS) is 13.2. The second kappa shape index (κ2) is 18.6. The van der Waals surface area contributed by atoms with Crippen molar-refractivity contribution in [2.24, 2.45) is 0 Å². The van der Waals surface area contributed by atoms with Gasteiger partial charge in [0.2, 0.25) is 0 Å². The van der Waals surface area contributed by atoms with Crippen molar-refractivity contribution in [3.63, 3.8) is 0 Å². The molecule has 0 bridgehead atoms. The van der Waals surface area contributed by atoms with Crippen molar-refractivity contribution in [1.82, 2.24) is 4.57 Å². The van der Waals surface area contributed by atoms with Crippen molar-refractivity contribution in [2.75, 3.05) is 4.90 Å². The molecule has 340 valence electrons. The van der Waals surface area contributed by atoms with Crippen LogP contribution in [-0.4, -0.2) is 4.57 Å². The zero-order chi connectivity index (χ0) is 47.8. The summed E-state index contributed by atoms with van der Waals surface area (Å²) in [5.41, 5.74) is 20.2. The third kappa shape index (κ3) is 7.90. The molecule has 1 aliphatic rings. The summed E-state index contributed by atoms with van der Waals surface area (Å²) in [7, 11) is 0. The zero-order valence-electron chi connectivity index (χ0n) is 39.8. The first-order valence-corrected chi connectivity index (χ1v) is 25.0. The van der Waals surface area contributed by atoms with Gasteiger partial charge in [-0.3, -0.25) is 0 Å². The molecule has 1 unspecified atom stereocenters. The summed E-state index contributed by atoms with van der Waals surface area (Å²) in [6.45, 7) is 0. The molecule has 13 rings (SSSR count). The molecular weight excluding hydrogens is 869 g/mol. The van der Waals surface area contributed by atoms with E-state index in [9.17, 15) is 0 Å². The van der Waals surface area contributed by atoms with Gasteiger partial charge in [-0.1, -0.05) is 224 Å². The van der Waals surface area contributed by atoms with E-state index in [1.165, 1.54) is 88.2 Å². The van der Waals surface area contributed by atoms with Crippen LogP contribution < -0.4 is 4.90 Å². The summed E-state index contributed by atoms with van der Waals surface area (Å²) >= 11 is 0. The highest BCUT2D eigenvalue weighted by atomic mass is 15.1. The van der Waals surface area contributed by atoms with E-state index in [1.54, 1.807) is 0 Å². The maximum Gasteiger partial charge on any atom is 0.0619 e. The summed E-state index contributed by atoms with van der Waals surface area (Å²) in [4.78, 5) is 2.41. The predicted octanol–water partition coefficient (Wildman–Crippen LogP) is 19.3. The molecule has 0 fully saturated rings. The molecule has 0 amide bonds. The van der Waals surface area contributed by atoms with Gasteiger partial charge in [-0.05, 0) is 134 Å². The Kier molecular flexibility index (Phi) is 11.1. The number of rotatable bonds is 10. The maximum atomic E-state index is 2.45. The molecule has 11 aromatic carbocycles. The molecule has 72 heavy (non-hydrogen) atoms. The van der Waals surface area contributed by atoms with Gasteiger partial charge in [0.05, 0.1) is 11.0 Å². The van der Waals surface area contributed by atoms with E-state index >= 15 is 0 Å². The van der Waals surface area contributed by atoms with Crippen LogP contribution in [0.25, 0.3) is 93.9 Å². The van der Waals surface area contributed by atoms with Gasteiger partial charge in [0.25, 0.3) is 0 Å². The fourth-order valence-electron chi connectivity index (χ4n) is 11.0. The number of benzene rings is 11. The van der Waals surface area contributed by atoms with Crippen LogP contribution in [0.1, 0.15) is 17.9 Å². The highest BCUT2D eigenvalue weighted by molar-refractivity contribution is 6.22. The number of anilines is 3. The minimum Gasteiger partial charge on any atom is -0.310 e. The average molecular weight is 919 g/mol. The zero-order valence-corrected chi connectivity index (χ0v) is 39.8. The Morgan fingerprint density at radius 1 is 0.361 bits per heavy atom. The number of hydrogen-bond donors (Lipinski definition) is 0. The molecule has 0 aliphatic heterocycles. The van der Waals surface area contributed by atoms with Gasteiger partial charge >= 0.3 is 0 Å². The van der Waals surface area contributed by atoms with E-state index in [-0.39, 0.29) is 0 Å². The maximum absolute atomic E-state index is 2.45. The minimum atomic E-state index is 0.335. The fraction of sp³-hybridized carbons (Fsp3) is 0.0286. The van der Waals surface area contributed by atoms with Gasteiger partial charge in [0, 0.05) is 44.8 Å². The van der Waals surface area contributed by atoms with E-state index in [1.807, 2.05) is 0 Å². The Bertz CT molecular complexity index is 3980. The van der Waals surface area contributed by atoms with Gasteiger partial charge in [-0.15, -0.1) is 0 Å². The largest absolute Gasteiger partial charge is 0.310 e. The van der Waals surface area contributed by atoms with E-state index in [4.69, 9.17) is 0 Å². The first-order chi connectivity index (χ1) is 35.7. The molecule has 0 N–H and O–H groups in total. The van der Waals surface area contributed by atoms with Crippen LogP contribution in [0.3, 0.4) is 0 Å². The first kappa shape index (κ1) is 42.8. The number of hydrogen-bond acceptors (Lipinski definition) is 1. The van der Waals surface area contributed by atoms with Gasteiger partial charge in [0.1, 0.15) is 0 Å². The molecule has 0 saturated heterocycles. The molecule has 1 atom stereocenters. The first-order valence-electron chi connectivity index (χ1n) is 25.0. The summed E-state index contributed by atoms with van der Waals surface area (Å²) in [6, 6.07) is 95.6. The number of allylic oxidation sites excluding steroid dienone is 4. The lowest BCUT2D eigenvalue weighted by atomic mass is 9.87. The third-order valence-electron chi connectivity index (χ3n) is 14.5.